The Balaban J connectivity index is 1.61. The number of rotatable bonds is 5. The number of methoxy groups -OCH3 is 1. The highest BCUT2D eigenvalue weighted by Gasteiger charge is 2.27. The van der Waals surface area contributed by atoms with Gasteiger partial charge in [-0.1, -0.05) is 12.0 Å². The van der Waals surface area contributed by atoms with E-state index in [0.29, 0.717) is 48.4 Å². The molecule has 8 heteroatoms. The van der Waals surface area contributed by atoms with Gasteiger partial charge in [-0.15, -0.1) is 6.42 Å². The Morgan fingerprint density at radius 1 is 1.21 bits per heavy atom. The number of ether oxygens (including phenoxy) is 1. The number of aromatic nitrogens is 1. The summed E-state index contributed by atoms with van der Waals surface area (Å²) >= 11 is 1.56. The summed E-state index contributed by atoms with van der Waals surface area (Å²) in [6.45, 7) is 1.36. The molecule has 0 spiro atoms. The standard InChI is InChI=1S/C25H23N3O4S/c1-3-17-5-4-6-19(13-17)25(31)27-9-7-20-23(24(30)26-15-18-8-12-33-16-18)21(32-2)14-22(29)28(20)11-10-27/h1,4-6,8,12-14,16H,7,9-11,15H2,2H3,(H,26,30). The van der Waals surface area contributed by atoms with E-state index in [4.69, 9.17) is 11.2 Å². The number of nitrogens with one attached hydrogen (secondary N) is 1. The number of terminal acetylenes is 1. The Bertz CT molecular complexity index is 1290. The van der Waals surface area contributed by atoms with Crippen LogP contribution in [-0.2, 0) is 19.5 Å². The van der Waals surface area contributed by atoms with E-state index in [0.717, 1.165) is 5.56 Å². The summed E-state index contributed by atoms with van der Waals surface area (Å²) in [5.41, 5.74) is 2.75. The van der Waals surface area contributed by atoms with Crippen LogP contribution < -0.4 is 15.6 Å². The molecule has 2 amide bonds. The molecule has 4 rings (SSSR count). The third-order valence-corrected chi connectivity index (χ3v) is 6.37. The second kappa shape index (κ2) is 9.76. The lowest BCUT2D eigenvalue weighted by molar-refractivity contribution is 0.0759. The van der Waals surface area contributed by atoms with Crippen LogP contribution >= 0.6 is 11.3 Å². The number of hydrogen-bond acceptors (Lipinski definition) is 5. The van der Waals surface area contributed by atoms with Gasteiger partial charge in [0.25, 0.3) is 17.4 Å². The third-order valence-electron chi connectivity index (χ3n) is 5.64. The van der Waals surface area contributed by atoms with Gasteiger partial charge in [0.05, 0.1) is 7.11 Å². The van der Waals surface area contributed by atoms with Crippen LogP contribution in [0.1, 0.15) is 37.5 Å². The first kappa shape index (κ1) is 22.4. The van der Waals surface area contributed by atoms with Crippen LogP contribution in [-0.4, -0.2) is 41.5 Å². The minimum atomic E-state index is -0.316. The van der Waals surface area contributed by atoms with E-state index in [-0.39, 0.29) is 29.7 Å². The first-order valence-corrected chi connectivity index (χ1v) is 11.4. The summed E-state index contributed by atoms with van der Waals surface area (Å²) in [6, 6.07) is 10.2. The van der Waals surface area contributed by atoms with Gasteiger partial charge in [0.15, 0.2) is 0 Å². The van der Waals surface area contributed by atoms with Gasteiger partial charge in [0, 0.05) is 55.5 Å². The molecule has 2 aromatic heterocycles. The third kappa shape index (κ3) is 4.69. The molecule has 3 aromatic rings. The average molecular weight is 462 g/mol. The predicted octanol–water partition coefficient (Wildman–Crippen LogP) is 2.53. The molecule has 0 bridgehead atoms. The lowest BCUT2D eigenvalue weighted by atomic mass is 10.1. The molecule has 1 aliphatic rings. The number of thiophene rings is 1. The average Bonchev–Trinajstić information content (AvgIpc) is 3.26. The highest BCUT2D eigenvalue weighted by Crippen LogP contribution is 2.23. The Morgan fingerprint density at radius 2 is 2.06 bits per heavy atom. The minimum Gasteiger partial charge on any atom is -0.496 e. The van der Waals surface area contributed by atoms with E-state index < -0.39 is 0 Å². The summed E-state index contributed by atoms with van der Waals surface area (Å²) in [5, 5.41) is 6.82. The van der Waals surface area contributed by atoms with E-state index in [1.807, 2.05) is 16.8 Å². The quantitative estimate of drug-likeness (QED) is 0.592. The van der Waals surface area contributed by atoms with Crippen LogP contribution in [0.2, 0.25) is 0 Å². The Kier molecular flexibility index (Phi) is 6.61. The molecule has 0 unspecified atom stereocenters. The zero-order valence-corrected chi connectivity index (χ0v) is 19.0. The van der Waals surface area contributed by atoms with Crippen molar-refractivity contribution in [3.8, 4) is 18.1 Å². The number of fused-ring (bicyclic) bond motifs is 1. The largest absolute Gasteiger partial charge is 0.496 e. The second-order valence-electron chi connectivity index (χ2n) is 7.61. The van der Waals surface area contributed by atoms with Crippen LogP contribution in [0.5, 0.6) is 5.75 Å². The fraction of sp³-hybridized carbons (Fsp3) is 0.240. The molecular weight excluding hydrogens is 438 g/mol. The van der Waals surface area contributed by atoms with Crippen LogP contribution in [0, 0.1) is 12.3 Å². The lowest BCUT2D eigenvalue weighted by Crippen LogP contribution is -2.34. The molecule has 3 heterocycles. The summed E-state index contributed by atoms with van der Waals surface area (Å²) in [6.07, 6.45) is 5.80. The topological polar surface area (TPSA) is 80.6 Å². The zero-order valence-electron chi connectivity index (χ0n) is 18.2. The molecule has 0 saturated heterocycles. The van der Waals surface area contributed by atoms with Crippen LogP contribution in [0.25, 0.3) is 0 Å². The maximum Gasteiger partial charge on any atom is 0.257 e. The van der Waals surface area contributed by atoms with Crippen molar-refractivity contribution in [3.63, 3.8) is 0 Å². The number of pyridine rings is 1. The van der Waals surface area contributed by atoms with Gasteiger partial charge in [-0.25, -0.2) is 0 Å². The molecule has 33 heavy (non-hydrogen) atoms. The second-order valence-corrected chi connectivity index (χ2v) is 8.39. The number of carbonyl (C=O) groups is 2. The molecule has 0 atom stereocenters. The molecule has 1 aromatic carbocycles. The van der Waals surface area contributed by atoms with Crippen LogP contribution in [0.4, 0.5) is 0 Å². The summed E-state index contributed by atoms with van der Waals surface area (Å²) in [4.78, 5) is 40.7. The first-order valence-electron chi connectivity index (χ1n) is 10.5. The van der Waals surface area contributed by atoms with Crippen molar-refractivity contribution in [2.24, 2.45) is 0 Å². The van der Waals surface area contributed by atoms with Gasteiger partial charge in [-0.05, 0) is 40.6 Å². The van der Waals surface area contributed by atoms with Gasteiger partial charge in [-0.2, -0.15) is 11.3 Å². The van der Waals surface area contributed by atoms with E-state index in [2.05, 4.69) is 11.2 Å². The van der Waals surface area contributed by atoms with Gasteiger partial charge in [0.1, 0.15) is 11.3 Å². The van der Waals surface area contributed by atoms with Crippen LogP contribution in [0.15, 0.2) is 52.0 Å². The minimum absolute atomic E-state index is 0.164. The first-order chi connectivity index (χ1) is 16.0. The van der Waals surface area contributed by atoms with Crippen molar-refractivity contribution in [3.05, 3.63) is 85.5 Å². The van der Waals surface area contributed by atoms with E-state index in [1.54, 1.807) is 45.1 Å². The van der Waals surface area contributed by atoms with Gasteiger partial charge in [-0.3, -0.25) is 14.4 Å². The molecule has 1 aliphatic heterocycles. The van der Waals surface area contributed by atoms with Gasteiger partial charge < -0.3 is 19.5 Å². The van der Waals surface area contributed by atoms with Crippen molar-refractivity contribution < 1.29 is 14.3 Å². The Hall–Kier alpha value is -3.83. The molecule has 168 valence electrons. The van der Waals surface area contributed by atoms with E-state index in [9.17, 15) is 14.4 Å². The van der Waals surface area contributed by atoms with E-state index in [1.165, 1.54) is 13.2 Å². The highest BCUT2D eigenvalue weighted by atomic mass is 32.1. The zero-order chi connectivity index (χ0) is 23.4. The SMILES string of the molecule is C#Cc1cccc(C(=O)N2CCc3c(C(=O)NCc4ccsc4)c(OC)cc(=O)n3CC2)c1. The van der Waals surface area contributed by atoms with Crippen molar-refractivity contribution in [2.45, 2.75) is 19.5 Å². The Labute approximate surface area is 195 Å². The molecule has 1 N–H and O–H groups in total. The fourth-order valence-electron chi connectivity index (χ4n) is 3.95. The van der Waals surface area contributed by atoms with Crippen molar-refractivity contribution in [2.75, 3.05) is 20.2 Å². The molecule has 7 nitrogen and oxygen atoms in total. The number of benzene rings is 1. The van der Waals surface area contributed by atoms with Crippen LogP contribution in [0.3, 0.4) is 0 Å². The normalized spacial score (nSPS) is 12.9. The molecule has 0 aliphatic carbocycles. The maximum absolute atomic E-state index is 13.1. The lowest BCUT2D eigenvalue weighted by Gasteiger charge is -2.20. The summed E-state index contributed by atoms with van der Waals surface area (Å²) in [7, 11) is 1.44. The summed E-state index contributed by atoms with van der Waals surface area (Å²) in [5.74, 6) is 2.29. The number of carbonyl (C=O) groups excluding carboxylic acids is 2. The monoisotopic (exact) mass is 461 g/mol. The van der Waals surface area contributed by atoms with Crippen molar-refractivity contribution >= 4 is 23.2 Å². The maximum atomic E-state index is 13.1. The molecular formula is C25H23N3O4S. The predicted molar refractivity (Wildman–Crippen MR) is 127 cm³/mol. The number of hydrogen-bond donors (Lipinski definition) is 1. The van der Waals surface area contributed by atoms with Gasteiger partial charge in [0.2, 0.25) is 0 Å². The van der Waals surface area contributed by atoms with Crippen molar-refractivity contribution in [1.82, 2.24) is 14.8 Å². The molecule has 0 saturated carbocycles. The summed E-state index contributed by atoms with van der Waals surface area (Å²) < 4.78 is 6.95. The molecule has 0 fully saturated rings. The highest BCUT2D eigenvalue weighted by molar-refractivity contribution is 7.07. The van der Waals surface area contributed by atoms with Crippen molar-refractivity contribution in [1.29, 1.82) is 0 Å². The Morgan fingerprint density at radius 3 is 2.79 bits per heavy atom. The number of nitrogens with zero attached hydrogens (tertiary/aromatic N) is 2. The smallest absolute Gasteiger partial charge is 0.257 e. The fourth-order valence-corrected chi connectivity index (χ4v) is 4.62. The number of amides is 2. The van der Waals surface area contributed by atoms with E-state index >= 15 is 0 Å². The van der Waals surface area contributed by atoms with Gasteiger partial charge >= 0.3 is 0 Å². The molecule has 0 radical (unpaired) electrons.